The molecule has 1 rings (SSSR count). The van der Waals surface area contributed by atoms with Crippen LogP contribution in [0.1, 0.15) is 60.8 Å². The Balaban J connectivity index is 2.43. The molecule has 2 heteroatoms. The summed E-state index contributed by atoms with van der Waals surface area (Å²) >= 11 is 0. The van der Waals surface area contributed by atoms with E-state index in [1.807, 2.05) is 0 Å². The van der Waals surface area contributed by atoms with Crippen LogP contribution in [0.25, 0.3) is 0 Å². The first-order valence-corrected chi connectivity index (χ1v) is 7.36. The van der Waals surface area contributed by atoms with Crippen molar-refractivity contribution in [3.8, 4) is 0 Å². The summed E-state index contributed by atoms with van der Waals surface area (Å²) in [5.41, 5.74) is 0.277. The van der Waals surface area contributed by atoms with Crippen LogP contribution in [0.4, 0.5) is 0 Å². The second-order valence-electron chi connectivity index (χ2n) is 6.70. The van der Waals surface area contributed by atoms with E-state index in [9.17, 15) is 0 Å². The van der Waals surface area contributed by atoms with Crippen molar-refractivity contribution in [3.63, 3.8) is 0 Å². The van der Waals surface area contributed by atoms with E-state index in [0.29, 0.717) is 6.04 Å². The molecule has 1 N–H and O–H groups in total. The molecule has 1 aliphatic rings. The van der Waals surface area contributed by atoms with Crippen LogP contribution >= 0.6 is 0 Å². The molecule has 0 aromatic carbocycles. The molecule has 0 aromatic heterocycles. The summed E-state index contributed by atoms with van der Waals surface area (Å²) in [7, 11) is 0. The molecule has 1 heterocycles. The first-order valence-electron chi connectivity index (χ1n) is 7.36. The van der Waals surface area contributed by atoms with Crippen molar-refractivity contribution in [2.24, 2.45) is 5.92 Å². The zero-order chi connectivity index (χ0) is 13.1. The maximum atomic E-state index is 3.70. The van der Waals surface area contributed by atoms with Gasteiger partial charge in [-0.15, -0.1) is 0 Å². The molecule has 3 atom stereocenters. The Labute approximate surface area is 108 Å². The molecule has 2 nitrogen and oxygen atoms in total. The SMILES string of the molecule is CCC(C)(C)NCC(C)N1CC(C)CCC1C. The van der Waals surface area contributed by atoms with Crippen molar-refractivity contribution >= 4 is 0 Å². The second-order valence-corrected chi connectivity index (χ2v) is 6.70. The molecular weight excluding hydrogens is 208 g/mol. The summed E-state index contributed by atoms with van der Waals surface area (Å²) in [6.07, 6.45) is 3.95. The normalized spacial score (nSPS) is 29.3. The van der Waals surface area contributed by atoms with Gasteiger partial charge in [-0.25, -0.2) is 0 Å². The fraction of sp³-hybridized carbons (Fsp3) is 1.00. The average Bonchev–Trinajstić information content (AvgIpc) is 2.29. The van der Waals surface area contributed by atoms with Crippen LogP contribution in [-0.4, -0.2) is 35.6 Å². The van der Waals surface area contributed by atoms with Crippen molar-refractivity contribution in [3.05, 3.63) is 0 Å². The van der Waals surface area contributed by atoms with Crippen LogP contribution in [0.2, 0.25) is 0 Å². The summed E-state index contributed by atoms with van der Waals surface area (Å²) in [6, 6.07) is 1.41. The van der Waals surface area contributed by atoms with Crippen LogP contribution in [0.3, 0.4) is 0 Å². The molecular formula is C15H32N2. The lowest BCUT2D eigenvalue weighted by Gasteiger charge is -2.42. The van der Waals surface area contributed by atoms with E-state index >= 15 is 0 Å². The molecule has 0 bridgehead atoms. The molecule has 0 amide bonds. The van der Waals surface area contributed by atoms with E-state index in [2.05, 4.69) is 51.8 Å². The number of hydrogen-bond acceptors (Lipinski definition) is 2. The first kappa shape index (κ1) is 15.0. The third-order valence-electron chi connectivity index (χ3n) is 4.49. The van der Waals surface area contributed by atoms with Gasteiger partial charge in [0, 0.05) is 30.7 Å². The zero-order valence-electron chi connectivity index (χ0n) is 12.7. The van der Waals surface area contributed by atoms with Gasteiger partial charge in [-0.05, 0) is 52.9 Å². The van der Waals surface area contributed by atoms with Gasteiger partial charge in [0.15, 0.2) is 0 Å². The van der Waals surface area contributed by atoms with Gasteiger partial charge in [-0.1, -0.05) is 13.8 Å². The molecule has 1 saturated heterocycles. The quantitative estimate of drug-likeness (QED) is 0.793. The molecule has 0 aliphatic carbocycles. The highest BCUT2D eigenvalue weighted by Crippen LogP contribution is 2.23. The Bertz CT molecular complexity index is 225. The second kappa shape index (κ2) is 6.19. The fourth-order valence-corrected chi connectivity index (χ4v) is 2.60. The minimum absolute atomic E-state index is 0.277. The monoisotopic (exact) mass is 240 g/mol. The molecule has 0 radical (unpaired) electrons. The van der Waals surface area contributed by atoms with Crippen LogP contribution in [0.5, 0.6) is 0 Å². The largest absolute Gasteiger partial charge is 0.310 e. The maximum absolute atomic E-state index is 3.70. The number of hydrogen-bond donors (Lipinski definition) is 1. The van der Waals surface area contributed by atoms with Gasteiger partial charge in [-0.3, -0.25) is 4.90 Å². The van der Waals surface area contributed by atoms with Gasteiger partial charge in [0.2, 0.25) is 0 Å². The van der Waals surface area contributed by atoms with Crippen LogP contribution in [-0.2, 0) is 0 Å². The maximum Gasteiger partial charge on any atom is 0.0195 e. The van der Waals surface area contributed by atoms with Gasteiger partial charge in [-0.2, -0.15) is 0 Å². The standard InChI is InChI=1S/C15H32N2/c1-7-15(5,6)16-10-14(4)17-11-12(2)8-9-13(17)3/h12-14,16H,7-11H2,1-6H3. The summed E-state index contributed by atoms with van der Waals surface area (Å²) in [6.45, 7) is 16.4. The Kier molecular flexibility index (Phi) is 5.46. The van der Waals surface area contributed by atoms with Gasteiger partial charge in [0.1, 0.15) is 0 Å². The highest BCUT2D eigenvalue weighted by atomic mass is 15.2. The third-order valence-corrected chi connectivity index (χ3v) is 4.49. The molecule has 0 saturated carbocycles. The highest BCUT2D eigenvalue weighted by Gasteiger charge is 2.27. The van der Waals surface area contributed by atoms with Gasteiger partial charge in [0.05, 0.1) is 0 Å². The number of piperidine rings is 1. The summed E-state index contributed by atoms with van der Waals surface area (Å²) < 4.78 is 0. The zero-order valence-corrected chi connectivity index (χ0v) is 12.7. The number of nitrogens with zero attached hydrogens (tertiary/aromatic N) is 1. The van der Waals surface area contributed by atoms with E-state index in [0.717, 1.165) is 18.5 Å². The molecule has 3 unspecified atom stereocenters. The van der Waals surface area contributed by atoms with Crippen molar-refractivity contribution in [1.29, 1.82) is 0 Å². The summed E-state index contributed by atoms with van der Waals surface area (Å²) in [5, 5.41) is 3.70. The van der Waals surface area contributed by atoms with Crippen molar-refractivity contribution in [2.75, 3.05) is 13.1 Å². The lowest BCUT2D eigenvalue weighted by Crippen LogP contribution is -2.52. The molecule has 0 aromatic rings. The lowest BCUT2D eigenvalue weighted by atomic mass is 9.93. The summed E-state index contributed by atoms with van der Waals surface area (Å²) in [5.74, 6) is 0.868. The van der Waals surface area contributed by atoms with Gasteiger partial charge >= 0.3 is 0 Å². The third kappa shape index (κ3) is 4.59. The van der Waals surface area contributed by atoms with Gasteiger partial charge < -0.3 is 5.32 Å². The predicted molar refractivity (Wildman–Crippen MR) is 76.4 cm³/mol. The van der Waals surface area contributed by atoms with Gasteiger partial charge in [0.25, 0.3) is 0 Å². The lowest BCUT2D eigenvalue weighted by molar-refractivity contribution is 0.0803. The number of rotatable bonds is 5. The Morgan fingerprint density at radius 1 is 1.29 bits per heavy atom. The van der Waals surface area contributed by atoms with E-state index in [1.54, 1.807) is 0 Å². The fourth-order valence-electron chi connectivity index (χ4n) is 2.60. The molecule has 1 fully saturated rings. The summed E-state index contributed by atoms with van der Waals surface area (Å²) in [4.78, 5) is 2.69. The van der Waals surface area contributed by atoms with E-state index < -0.39 is 0 Å². The van der Waals surface area contributed by atoms with E-state index in [4.69, 9.17) is 0 Å². The minimum atomic E-state index is 0.277. The Hall–Kier alpha value is -0.0800. The average molecular weight is 240 g/mol. The minimum Gasteiger partial charge on any atom is -0.310 e. The Morgan fingerprint density at radius 3 is 2.53 bits per heavy atom. The highest BCUT2D eigenvalue weighted by molar-refractivity contribution is 4.84. The molecule has 0 spiro atoms. The molecule has 17 heavy (non-hydrogen) atoms. The van der Waals surface area contributed by atoms with E-state index in [1.165, 1.54) is 25.8 Å². The first-order chi connectivity index (χ1) is 7.85. The van der Waals surface area contributed by atoms with Crippen molar-refractivity contribution < 1.29 is 0 Å². The van der Waals surface area contributed by atoms with Crippen molar-refractivity contribution in [1.82, 2.24) is 10.2 Å². The van der Waals surface area contributed by atoms with Crippen molar-refractivity contribution in [2.45, 2.75) is 78.4 Å². The predicted octanol–water partition coefficient (Wildman–Crippen LogP) is 3.27. The number of nitrogens with one attached hydrogen (secondary N) is 1. The van der Waals surface area contributed by atoms with Crippen LogP contribution in [0, 0.1) is 5.92 Å². The van der Waals surface area contributed by atoms with Crippen LogP contribution in [0.15, 0.2) is 0 Å². The topological polar surface area (TPSA) is 15.3 Å². The smallest absolute Gasteiger partial charge is 0.0195 e. The Morgan fingerprint density at radius 2 is 1.94 bits per heavy atom. The van der Waals surface area contributed by atoms with Crippen LogP contribution < -0.4 is 5.32 Å². The number of likely N-dealkylation sites (tertiary alicyclic amines) is 1. The van der Waals surface area contributed by atoms with E-state index in [-0.39, 0.29) is 5.54 Å². The molecule has 1 aliphatic heterocycles. The molecule has 102 valence electrons.